The summed E-state index contributed by atoms with van der Waals surface area (Å²) in [5.41, 5.74) is 2.16. The quantitative estimate of drug-likeness (QED) is 0.358. The lowest BCUT2D eigenvalue weighted by atomic mass is 10.2. The Hall–Kier alpha value is -1.14. The van der Waals surface area contributed by atoms with Crippen molar-refractivity contribution in [3.8, 4) is 0 Å². The van der Waals surface area contributed by atoms with Crippen molar-refractivity contribution in [2.24, 2.45) is 5.84 Å². The van der Waals surface area contributed by atoms with Crippen LogP contribution in [0.15, 0.2) is 0 Å². The zero-order valence-corrected chi connectivity index (χ0v) is 9.90. The minimum Gasteiger partial charge on any atom is -0.342 e. The number of nitrogens with one attached hydrogen (secondary N) is 1. The van der Waals surface area contributed by atoms with Crippen molar-refractivity contribution < 1.29 is 9.59 Å². The van der Waals surface area contributed by atoms with E-state index in [1.807, 2.05) is 16.7 Å². The Morgan fingerprint density at radius 3 is 2.50 bits per heavy atom. The van der Waals surface area contributed by atoms with Gasteiger partial charge in [-0.25, -0.2) is 5.84 Å². The third-order valence-corrected chi connectivity index (χ3v) is 3.05. The summed E-state index contributed by atoms with van der Waals surface area (Å²) in [5.74, 6) is 5.01. The predicted molar refractivity (Wildman–Crippen MR) is 60.2 cm³/mol. The Morgan fingerprint density at radius 2 is 1.94 bits per heavy atom. The molecule has 0 radical (unpaired) electrons. The molecule has 1 aliphatic heterocycles. The van der Waals surface area contributed by atoms with Crippen LogP contribution in [0, 0.1) is 0 Å². The molecule has 92 valence electrons. The molecule has 1 aliphatic rings. The van der Waals surface area contributed by atoms with Gasteiger partial charge in [0.1, 0.15) is 0 Å². The molecule has 3 N–H and O–H groups in total. The molecule has 0 spiro atoms. The van der Waals surface area contributed by atoms with Gasteiger partial charge in [0, 0.05) is 33.1 Å². The SMILES string of the molecule is CC(=O)N1CCCN(C(C)C(=O)NN)CC1. The molecule has 16 heavy (non-hydrogen) atoms. The Morgan fingerprint density at radius 1 is 1.25 bits per heavy atom. The molecule has 0 aromatic rings. The molecular formula is C10H20N4O2. The predicted octanol–water partition coefficient (Wildman–Crippen LogP) is -1.08. The van der Waals surface area contributed by atoms with Gasteiger partial charge in [-0.15, -0.1) is 0 Å². The van der Waals surface area contributed by atoms with E-state index in [0.29, 0.717) is 13.1 Å². The number of hydrogen-bond donors (Lipinski definition) is 2. The Kier molecular flexibility index (Phi) is 4.70. The molecule has 1 unspecified atom stereocenters. The first-order valence-corrected chi connectivity index (χ1v) is 5.56. The first-order valence-electron chi connectivity index (χ1n) is 5.56. The lowest BCUT2D eigenvalue weighted by Crippen LogP contribution is -2.48. The maximum atomic E-state index is 11.4. The van der Waals surface area contributed by atoms with Crippen LogP contribution in [0.1, 0.15) is 20.3 Å². The standard InChI is InChI=1S/C10H20N4O2/c1-8(10(16)12-11)13-4-3-5-14(7-6-13)9(2)15/h8H,3-7,11H2,1-2H3,(H,12,16). The van der Waals surface area contributed by atoms with Crippen molar-refractivity contribution in [2.45, 2.75) is 26.3 Å². The van der Waals surface area contributed by atoms with Crippen LogP contribution in [0.3, 0.4) is 0 Å². The molecule has 1 fully saturated rings. The summed E-state index contributed by atoms with van der Waals surface area (Å²) in [6.07, 6.45) is 0.891. The number of hydrazine groups is 1. The van der Waals surface area contributed by atoms with Gasteiger partial charge in [0.15, 0.2) is 0 Å². The molecule has 0 bridgehead atoms. The van der Waals surface area contributed by atoms with Crippen molar-refractivity contribution in [2.75, 3.05) is 26.2 Å². The number of nitrogens with two attached hydrogens (primary N) is 1. The highest BCUT2D eigenvalue weighted by Crippen LogP contribution is 2.07. The minimum absolute atomic E-state index is 0.0952. The second-order valence-electron chi connectivity index (χ2n) is 4.08. The van der Waals surface area contributed by atoms with Crippen LogP contribution in [0.2, 0.25) is 0 Å². The molecule has 0 aromatic heterocycles. The van der Waals surface area contributed by atoms with Crippen molar-refractivity contribution in [3.05, 3.63) is 0 Å². The average molecular weight is 228 g/mol. The largest absolute Gasteiger partial charge is 0.342 e. The number of hydrogen-bond acceptors (Lipinski definition) is 4. The second-order valence-corrected chi connectivity index (χ2v) is 4.08. The van der Waals surface area contributed by atoms with Crippen LogP contribution < -0.4 is 11.3 Å². The molecule has 1 heterocycles. The number of nitrogens with zero attached hydrogens (tertiary/aromatic N) is 2. The number of carbonyl (C=O) groups is 2. The Balaban J connectivity index is 2.52. The summed E-state index contributed by atoms with van der Waals surface area (Å²) >= 11 is 0. The normalized spacial score (nSPS) is 20.1. The summed E-state index contributed by atoms with van der Waals surface area (Å²) in [7, 11) is 0. The molecule has 2 amide bonds. The van der Waals surface area contributed by atoms with E-state index >= 15 is 0 Å². The molecule has 1 saturated heterocycles. The lowest BCUT2D eigenvalue weighted by molar-refractivity contribution is -0.128. The molecule has 6 nitrogen and oxygen atoms in total. The fourth-order valence-corrected chi connectivity index (χ4v) is 1.93. The fraction of sp³-hybridized carbons (Fsp3) is 0.800. The smallest absolute Gasteiger partial charge is 0.250 e. The highest BCUT2D eigenvalue weighted by atomic mass is 16.2. The van der Waals surface area contributed by atoms with Crippen molar-refractivity contribution in [1.82, 2.24) is 15.2 Å². The zero-order chi connectivity index (χ0) is 12.1. The van der Waals surface area contributed by atoms with E-state index < -0.39 is 0 Å². The van der Waals surface area contributed by atoms with Gasteiger partial charge in [0.05, 0.1) is 6.04 Å². The Labute approximate surface area is 95.7 Å². The van der Waals surface area contributed by atoms with E-state index in [1.54, 1.807) is 6.92 Å². The van der Waals surface area contributed by atoms with Gasteiger partial charge in [-0.1, -0.05) is 0 Å². The van der Waals surface area contributed by atoms with E-state index in [9.17, 15) is 9.59 Å². The molecular weight excluding hydrogens is 208 g/mol. The number of amides is 2. The number of rotatable bonds is 2. The summed E-state index contributed by atoms with van der Waals surface area (Å²) < 4.78 is 0. The van der Waals surface area contributed by atoms with Crippen LogP contribution in [0.4, 0.5) is 0 Å². The monoisotopic (exact) mass is 228 g/mol. The van der Waals surface area contributed by atoms with Gasteiger partial charge in [-0.2, -0.15) is 0 Å². The van der Waals surface area contributed by atoms with Gasteiger partial charge in [0.2, 0.25) is 5.91 Å². The third kappa shape index (κ3) is 3.18. The summed E-state index contributed by atoms with van der Waals surface area (Å²) in [6.45, 7) is 6.38. The fourth-order valence-electron chi connectivity index (χ4n) is 1.93. The maximum absolute atomic E-state index is 11.4. The van der Waals surface area contributed by atoms with Crippen molar-refractivity contribution in [3.63, 3.8) is 0 Å². The van der Waals surface area contributed by atoms with Crippen LogP contribution in [-0.4, -0.2) is 53.8 Å². The maximum Gasteiger partial charge on any atom is 0.250 e. The van der Waals surface area contributed by atoms with E-state index in [1.165, 1.54) is 0 Å². The second kappa shape index (κ2) is 5.81. The highest BCUT2D eigenvalue weighted by molar-refractivity contribution is 5.80. The molecule has 0 aromatic carbocycles. The minimum atomic E-state index is -0.239. The lowest BCUT2D eigenvalue weighted by Gasteiger charge is -2.26. The zero-order valence-electron chi connectivity index (χ0n) is 9.90. The van der Waals surface area contributed by atoms with Gasteiger partial charge >= 0.3 is 0 Å². The Bertz CT molecular complexity index is 270. The highest BCUT2D eigenvalue weighted by Gasteiger charge is 2.23. The van der Waals surface area contributed by atoms with Gasteiger partial charge < -0.3 is 4.90 Å². The van der Waals surface area contributed by atoms with Crippen LogP contribution in [0.5, 0.6) is 0 Å². The van der Waals surface area contributed by atoms with Crippen LogP contribution in [-0.2, 0) is 9.59 Å². The number of carbonyl (C=O) groups excluding carboxylic acids is 2. The van der Waals surface area contributed by atoms with E-state index in [0.717, 1.165) is 19.5 Å². The van der Waals surface area contributed by atoms with E-state index in [-0.39, 0.29) is 17.9 Å². The van der Waals surface area contributed by atoms with Crippen LogP contribution in [0.25, 0.3) is 0 Å². The molecule has 1 atom stereocenters. The van der Waals surface area contributed by atoms with Gasteiger partial charge in [0.25, 0.3) is 5.91 Å². The van der Waals surface area contributed by atoms with Crippen LogP contribution >= 0.6 is 0 Å². The molecule has 6 heteroatoms. The van der Waals surface area contributed by atoms with Crippen molar-refractivity contribution in [1.29, 1.82) is 0 Å². The van der Waals surface area contributed by atoms with Crippen molar-refractivity contribution >= 4 is 11.8 Å². The van der Waals surface area contributed by atoms with E-state index in [2.05, 4.69) is 5.43 Å². The molecule has 0 aliphatic carbocycles. The summed E-state index contributed by atoms with van der Waals surface area (Å²) in [4.78, 5) is 26.5. The van der Waals surface area contributed by atoms with Gasteiger partial charge in [-0.3, -0.25) is 19.9 Å². The average Bonchev–Trinajstić information content (AvgIpc) is 2.52. The van der Waals surface area contributed by atoms with Gasteiger partial charge in [-0.05, 0) is 13.3 Å². The van der Waals surface area contributed by atoms with E-state index in [4.69, 9.17) is 5.84 Å². The topological polar surface area (TPSA) is 78.7 Å². The summed E-state index contributed by atoms with van der Waals surface area (Å²) in [6, 6.07) is -0.239. The molecule has 0 saturated carbocycles. The first-order chi connectivity index (χ1) is 7.56. The molecule has 1 rings (SSSR count). The first kappa shape index (κ1) is 12.9. The third-order valence-electron chi connectivity index (χ3n) is 3.05. The summed E-state index contributed by atoms with van der Waals surface area (Å²) in [5, 5.41) is 0.